The summed E-state index contributed by atoms with van der Waals surface area (Å²) in [5, 5.41) is 2.96. The van der Waals surface area contributed by atoms with E-state index in [1.807, 2.05) is 37.3 Å². The van der Waals surface area contributed by atoms with Crippen LogP contribution < -0.4 is 5.32 Å². The number of hydrogen-bond donors (Lipinski definition) is 1. The number of amides is 1. The van der Waals surface area contributed by atoms with E-state index in [1.54, 1.807) is 0 Å². The van der Waals surface area contributed by atoms with Gasteiger partial charge in [-0.1, -0.05) is 18.2 Å². The molecule has 21 heavy (non-hydrogen) atoms. The van der Waals surface area contributed by atoms with Crippen molar-refractivity contribution < 1.29 is 14.3 Å². The number of carbonyl (C=O) groups is 1. The van der Waals surface area contributed by atoms with Crippen LogP contribution in [-0.2, 0) is 14.3 Å². The van der Waals surface area contributed by atoms with E-state index in [2.05, 4.69) is 10.2 Å². The molecule has 2 aliphatic heterocycles. The molecule has 2 heterocycles. The highest BCUT2D eigenvalue weighted by atomic mass is 16.7. The maximum absolute atomic E-state index is 12.4. The number of ether oxygens (including phenoxy) is 2. The van der Waals surface area contributed by atoms with Crippen molar-refractivity contribution in [3.05, 3.63) is 30.3 Å². The predicted molar refractivity (Wildman–Crippen MR) is 80.0 cm³/mol. The third kappa shape index (κ3) is 3.26. The molecule has 1 spiro atoms. The third-order valence-corrected chi connectivity index (χ3v) is 4.23. The highest BCUT2D eigenvalue weighted by molar-refractivity contribution is 5.94. The summed E-state index contributed by atoms with van der Waals surface area (Å²) in [5.74, 6) is -0.476. The zero-order valence-electron chi connectivity index (χ0n) is 12.4. The van der Waals surface area contributed by atoms with E-state index in [0.29, 0.717) is 19.8 Å². The highest BCUT2D eigenvalue weighted by Crippen LogP contribution is 2.31. The van der Waals surface area contributed by atoms with Crippen LogP contribution in [0.25, 0.3) is 0 Å². The van der Waals surface area contributed by atoms with Crippen molar-refractivity contribution in [2.45, 2.75) is 31.6 Å². The normalized spacial score (nSPS) is 23.1. The van der Waals surface area contributed by atoms with Gasteiger partial charge in [0.25, 0.3) is 0 Å². The number of para-hydroxylation sites is 1. The van der Waals surface area contributed by atoms with Crippen LogP contribution in [-0.4, -0.2) is 48.9 Å². The number of benzene rings is 1. The van der Waals surface area contributed by atoms with Gasteiger partial charge in [-0.25, -0.2) is 0 Å². The van der Waals surface area contributed by atoms with Gasteiger partial charge in [0.1, 0.15) is 0 Å². The van der Waals surface area contributed by atoms with Crippen LogP contribution in [0.5, 0.6) is 0 Å². The molecule has 1 amide bonds. The minimum absolute atomic E-state index is 0.0104. The molecule has 1 aromatic rings. The number of anilines is 1. The van der Waals surface area contributed by atoms with Gasteiger partial charge >= 0.3 is 0 Å². The molecule has 114 valence electrons. The number of likely N-dealkylation sites (tertiary alicyclic amines) is 1. The summed E-state index contributed by atoms with van der Waals surface area (Å²) in [6, 6.07) is 9.35. The summed E-state index contributed by atoms with van der Waals surface area (Å²) in [5.41, 5.74) is 0.828. The number of carbonyl (C=O) groups excluding carboxylic acids is 1. The molecule has 0 saturated carbocycles. The van der Waals surface area contributed by atoms with Crippen LogP contribution in [0.2, 0.25) is 0 Å². The Morgan fingerprint density at radius 1 is 1.29 bits per heavy atom. The Balaban J connectivity index is 1.61. The van der Waals surface area contributed by atoms with Crippen molar-refractivity contribution >= 4 is 11.6 Å². The first-order valence-electron chi connectivity index (χ1n) is 7.56. The van der Waals surface area contributed by atoms with E-state index >= 15 is 0 Å². The summed E-state index contributed by atoms with van der Waals surface area (Å²) in [6.45, 7) is 4.80. The zero-order valence-corrected chi connectivity index (χ0v) is 12.4. The minimum atomic E-state index is -0.487. The van der Waals surface area contributed by atoms with E-state index in [1.165, 1.54) is 0 Å². The van der Waals surface area contributed by atoms with Gasteiger partial charge < -0.3 is 14.8 Å². The second kappa shape index (κ2) is 6.13. The van der Waals surface area contributed by atoms with E-state index in [-0.39, 0.29) is 11.9 Å². The van der Waals surface area contributed by atoms with Gasteiger partial charge in [-0.15, -0.1) is 0 Å². The Kier molecular flexibility index (Phi) is 4.24. The van der Waals surface area contributed by atoms with E-state index in [9.17, 15) is 4.79 Å². The van der Waals surface area contributed by atoms with Gasteiger partial charge in [0, 0.05) is 12.1 Å². The average molecular weight is 290 g/mol. The number of nitrogens with zero attached hydrogens (tertiary/aromatic N) is 1. The van der Waals surface area contributed by atoms with Crippen LogP contribution in [0.3, 0.4) is 0 Å². The van der Waals surface area contributed by atoms with Gasteiger partial charge in [0.2, 0.25) is 5.91 Å². The molecule has 5 heteroatoms. The lowest BCUT2D eigenvalue weighted by Gasteiger charge is -2.40. The second-order valence-electron chi connectivity index (χ2n) is 5.71. The van der Waals surface area contributed by atoms with Gasteiger partial charge in [-0.2, -0.15) is 0 Å². The molecule has 1 atom stereocenters. The largest absolute Gasteiger partial charge is 0.346 e. The molecular weight excluding hydrogens is 268 g/mol. The molecule has 1 N–H and O–H groups in total. The molecular formula is C16H22N2O3. The van der Waals surface area contributed by atoms with Crippen molar-refractivity contribution in [2.24, 2.45) is 0 Å². The fourth-order valence-corrected chi connectivity index (χ4v) is 3.02. The number of rotatable bonds is 3. The SMILES string of the molecule is CC(C(=O)Nc1ccccc1)N1CCCC2(C1)OCCO2. The zero-order chi connectivity index (χ0) is 14.7. The Bertz CT molecular complexity index is 486. The van der Waals surface area contributed by atoms with Crippen molar-refractivity contribution in [3.63, 3.8) is 0 Å². The second-order valence-corrected chi connectivity index (χ2v) is 5.71. The van der Waals surface area contributed by atoms with Crippen molar-refractivity contribution in [1.29, 1.82) is 0 Å². The minimum Gasteiger partial charge on any atom is -0.346 e. The Morgan fingerprint density at radius 3 is 2.71 bits per heavy atom. The molecule has 0 aliphatic carbocycles. The highest BCUT2D eigenvalue weighted by Gasteiger charge is 2.42. The number of nitrogens with one attached hydrogen (secondary N) is 1. The lowest BCUT2D eigenvalue weighted by atomic mass is 10.0. The molecule has 1 unspecified atom stereocenters. The molecule has 0 bridgehead atoms. The third-order valence-electron chi connectivity index (χ3n) is 4.23. The van der Waals surface area contributed by atoms with Gasteiger partial charge in [-0.05, 0) is 32.0 Å². The van der Waals surface area contributed by atoms with Crippen LogP contribution in [0.4, 0.5) is 5.69 Å². The van der Waals surface area contributed by atoms with Crippen molar-refractivity contribution in [3.8, 4) is 0 Å². The first-order chi connectivity index (χ1) is 10.2. The molecule has 0 radical (unpaired) electrons. The van der Waals surface area contributed by atoms with Gasteiger partial charge in [0.15, 0.2) is 5.79 Å². The topological polar surface area (TPSA) is 50.8 Å². The van der Waals surface area contributed by atoms with Crippen LogP contribution in [0.1, 0.15) is 19.8 Å². The summed E-state index contributed by atoms with van der Waals surface area (Å²) < 4.78 is 11.5. The molecule has 5 nitrogen and oxygen atoms in total. The number of piperidine rings is 1. The summed E-state index contributed by atoms with van der Waals surface area (Å²) in [6.07, 6.45) is 1.90. The molecule has 1 aromatic carbocycles. The molecule has 2 aliphatic rings. The van der Waals surface area contributed by atoms with Gasteiger partial charge in [-0.3, -0.25) is 9.69 Å². The summed E-state index contributed by atoms with van der Waals surface area (Å²) >= 11 is 0. The maximum Gasteiger partial charge on any atom is 0.241 e. The fraction of sp³-hybridized carbons (Fsp3) is 0.562. The van der Waals surface area contributed by atoms with Crippen LogP contribution >= 0.6 is 0 Å². The first-order valence-corrected chi connectivity index (χ1v) is 7.56. The Hall–Kier alpha value is -1.43. The Labute approximate surface area is 125 Å². The molecule has 2 saturated heterocycles. The van der Waals surface area contributed by atoms with Crippen molar-refractivity contribution in [1.82, 2.24) is 4.90 Å². The monoisotopic (exact) mass is 290 g/mol. The quantitative estimate of drug-likeness (QED) is 0.923. The molecule has 3 rings (SSSR count). The first kappa shape index (κ1) is 14.5. The van der Waals surface area contributed by atoms with Crippen molar-refractivity contribution in [2.75, 3.05) is 31.6 Å². The lowest BCUT2D eigenvalue weighted by molar-refractivity contribution is -0.193. The Morgan fingerprint density at radius 2 is 2.00 bits per heavy atom. The average Bonchev–Trinajstić information content (AvgIpc) is 2.95. The predicted octanol–water partition coefficient (Wildman–Crippen LogP) is 1.85. The summed E-state index contributed by atoms with van der Waals surface area (Å²) in [7, 11) is 0. The summed E-state index contributed by atoms with van der Waals surface area (Å²) in [4.78, 5) is 14.5. The maximum atomic E-state index is 12.4. The van der Waals surface area contributed by atoms with E-state index in [0.717, 1.165) is 25.1 Å². The smallest absolute Gasteiger partial charge is 0.241 e. The molecule has 2 fully saturated rings. The van der Waals surface area contributed by atoms with E-state index < -0.39 is 5.79 Å². The van der Waals surface area contributed by atoms with Crippen LogP contribution in [0.15, 0.2) is 30.3 Å². The van der Waals surface area contributed by atoms with Gasteiger partial charge in [0.05, 0.1) is 25.8 Å². The molecule has 0 aromatic heterocycles. The van der Waals surface area contributed by atoms with Crippen LogP contribution in [0, 0.1) is 0 Å². The van der Waals surface area contributed by atoms with E-state index in [4.69, 9.17) is 9.47 Å². The number of hydrogen-bond acceptors (Lipinski definition) is 4. The standard InChI is InChI=1S/C16H22N2O3/c1-13(15(19)17-14-6-3-2-4-7-14)18-9-5-8-16(12-18)20-10-11-21-16/h2-4,6-7,13H,5,8-12H2,1H3,(H,17,19). The fourth-order valence-electron chi connectivity index (χ4n) is 3.02. The lowest BCUT2D eigenvalue weighted by Crippen LogP contribution is -2.54.